The van der Waals surface area contributed by atoms with Crippen molar-refractivity contribution < 1.29 is 19.4 Å². The van der Waals surface area contributed by atoms with Crippen LogP contribution in [0.25, 0.3) is 0 Å². The number of esters is 1. The van der Waals surface area contributed by atoms with Crippen LogP contribution >= 0.6 is 15.9 Å². The number of benzene rings is 1. The van der Waals surface area contributed by atoms with Crippen LogP contribution in [0.5, 0.6) is 5.75 Å². The fraction of sp³-hybridized carbons (Fsp3) is 0.231. The quantitative estimate of drug-likeness (QED) is 0.718. The first-order valence-corrected chi connectivity index (χ1v) is 6.58. The Hall–Kier alpha value is -2.02. The van der Waals surface area contributed by atoms with E-state index < -0.39 is 18.0 Å². The third-order valence-corrected chi connectivity index (χ3v) is 3.69. The number of nitrogens with one attached hydrogen (secondary N) is 2. The SMILES string of the molecule is COC(=O)C1=C(C)NC(=O)N[C@@H]1c1cc(O)ccc1Br. The first kappa shape index (κ1) is 14.4. The van der Waals surface area contributed by atoms with Gasteiger partial charge in [-0.15, -0.1) is 0 Å². The Morgan fingerprint density at radius 1 is 1.45 bits per heavy atom. The second-order valence-corrected chi connectivity index (χ2v) is 5.12. The number of carbonyl (C=O) groups is 2. The van der Waals surface area contributed by atoms with Crippen molar-refractivity contribution in [2.75, 3.05) is 7.11 Å². The number of phenols is 1. The average molecular weight is 341 g/mol. The lowest BCUT2D eigenvalue weighted by Gasteiger charge is -2.28. The molecule has 0 unspecified atom stereocenters. The molecule has 0 bridgehead atoms. The van der Waals surface area contributed by atoms with Crippen LogP contribution < -0.4 is 10.6 Å². The van der Waals surface area contributed by atoms with Crippen molar-refractivity contribution >= 4 is 27.9 Å². The summed E-state index contributed by atoms with van der Waals surface area (Å²) >= 11 is 3.35. The fourth-order valence-electron chi connectivity index (χ4n) is 2.06. The predicted molar refractivity (Wildman–Crippen MR) is 74.9 cm³/mol. The number of methoxy groups -OCH3 is 1. The molecule has 1 aromatic carbocycles. The summed E-state index contributed by atoms with van der Waals surface area (Å²) in [5, 5.41) is 14.8. The van der Waals surface area contributed by atoms with Crippen molar-refractivity contribution in [1.82, 2.24) is 10.6 Å². The van der Waals surface area contributed by atoms with E-state index in [1.165, 1.54) is 19.2 Å². The van der Waals surface area contributed by atoms with Crippen LogP contribution in [-0.4, -0.2) is 24.2 Å². The highest BCUT2D eigenvalue weighted by Gasteiger charge is 2.33. The topological polar surface area (TPSA) is 87.7 Å². The number of amides is 2. The molecule has 3 N–H and O–H groups in total. The lowest BCUT2D eigenvalue weighted by atomic mass is 9.95. The molecule has 0 saturated heterocycles. The smallest absolute Gasteiger partial charge is 0.337 e. The van der Waals surface area contributed by atoms with Crippen LogP contribution in [-0.2, 0) is 9.53 Å². The summed E-state index contributed by atoms with van der Waals surface area (Å²) in [4.78, 5) is 23.5. The van der Waals surface area contributed by atoms with E-state index in [9.17, 15) is 14.7 Å². The molecule has 20 heavy (non-hydrogen) atoms. The predicted octanol–water partition coefficient (Wildman–Crippen LogP) is 1.96. The second kappa shape index (κ2) is 5.54. The van der Waals surface area contributed by atoms with Gasteiger partial charge in [0.1, 0.15) is 5.75 Å². The zero-order valence-corrected chi connectivity index (χ0v) is 12.4. The Balaban J connectivity index is 2.56. The molecule has 0 aliphatic carbocycles. The van der Waals surface area contributed by atoms with Crippen LogP contribution in [0.3, 0.4) is 0 Å². The normalized spacial score (nSPS) is 18.4. The third-order valence-electron chi connectivity index (χ3n) is 2.97. The van der Waals surface area contributed by atoms with Crippen molar-refractivity contribution in [3.63, 3.8) is 0 Å². The summed E-state index contributed by atoms with van der Waals surface area (Å²) in [5.41, 5.74) is 1.28. The van der Waals surface area contributed by atoms with E-state index in [1.54, 1.807) is 13.0 Å². The number of phenolic OH excluding ortho intramolecular Hbond substituents is 1. The summed E-state index contributed by atoms with van der Waals surface area (Å²) in [6.07, 6.45) is 0. The molecule has 2 rings (SSSR count). The number of halogens is 1. The Morgan fingerprint density at radius 2 is 2.15 bits per heavy atom. The van der Waals surface area contributed by atoms with Crippen molar-refractivity contribution in [3.05, 3.63) is 39.5 Å². The van der Waals surface area contributed by atoms with Gasteiger partial charge in [0, 0.05) is 10.2 Å². The number of allylic oxidation sites excluding steroid dienone is 1. The van der Waals surface area contributed by atoms with Gasteiger partial charge in [0.25, 0.3) is 0 Å². The Kier molecular flexibility index (Phi) is 3.99. The number of hydrogen-bond acceptors (Lipinski definition) is 4. The van der Waals surface area contributed by atoms with Gasteiger partial charge >= 0.3 is 12.0 Å². The second-order valence-electron chi connectivity index (χ2n) is 4.27. The van der Waals surface area contributed by atoms with Crippen molar-refractivity contribution in [3.8, 4) is 5.75 Å². The molecule has 7 heteroatoms. The van der Waals surface area contributed by atoms with Crippen LogP contribution in [0.4, 0.5) is 4.79 Å². The lowest BCUT2D eigenvalue weighted by molar-refractivity contribution is -0.136. The van der Waals surface area contributed by atoms with E-state index in [1.807, 2.05) is 0 Å². The van der Waals surface area contributed by atoms with Crippen molar-refractivity contribution in [2.45, 2.75) is 13.0 Å². The van der Waals surface area contributed by atoms with E-state index in [0.717, 1.165) is 0 Å². The number of urea groups is 1. The van der Waals surface area contributed by atoms with Gasteiger partial charge in [0.2, 0.25) is 0 Å². The highest BCUT2D eigenvalue weighted by molar-refractivity contribution is 9.10. The molecule has 106 valence electrons. The van der Waals surface area contributed by atoms with Gasteiger partial charge in [-0.2, -0.15) is 0 Å². The molecule has 1 atom stereocenters. The van der Waals surface area contributed by atoms with Gasteiger partial charge in [-0.25, -0.2) is 9.59 Å². The Labute approximate surface area is 123 Å². The minimum atomic E-state index is -0.697. The van der Waals surface area contributed by atoms with Gasteiger partial charge in [0.15, 0.2) is 0 Å². The highest BCUT2D eigenvalue weighted by Crippen LogP contribution is 2.34. The maximum Gasteiger partial charge on any atom is 0.337 e. The van der Waals surface area contributed by atoms with Gasteiger partial charge < -0.3 is 20.5 Å². The van der Waals surface area contributed by atoms with Crippen LogP contribution in [0, 0.1) is 0 Å². The molecule has 2 amide bonds. The first-order chi connectivity index (χ1) is 9.43. The maximum absolute atomic E-state index is 11.9. The summed E-state index contributed by atoms with van der Waals surface area (Å²) in [6, 6.07) is 3.51. The Bertz CT molecular complexity index is 612. The van der Waals surface area contributed by atoms with Gasteiger partial charge in [0.05, 0.1) is 18.7 Å². The molecule has 1 heterocycles. The minimum Gasteiger partial charge on any atom is -0.508 e. The van der Waals surface area contributed by atoms with E-state index in [0.29, 0.717) is 21.3 Å². The number of carbonyl (C=O) groups excluding carboxylic acids is 2. The summed E-state index contributed by atoms with van der Waals surface area (Å²) in [6.45, 7) is 1.62. The molecule has 0 spiro atoms. The summed E-state index contributed by atoms with van der Waals surface area (Å²) < 4.78 is 5.41. The molecule has 6 nitrogen and oxygen atoms in total. The maximum atomic E-state index is 11.9. The lowest BCUT2D eigenvalue weighted by Crippen LogP contribution is -2.45. The number of aromatic hydroxyl groups is 1. The molecule has 1 aliphatic heterocycles. The van der Waals surface area contributed by atoms with E-state index in [2.05, 4.69) is 26.6 Å². The molecular weight excluding hydrogens is 328 g/mol. The van der Waals surface area contributed by atoms with E-state index >= 15 is 0 Å². The van der Waals surface area contributed by atoms with Crippen LogP contribution in [0.1, 0.15) is 18.5 Å². The largest absolute Gasteiger partial charge is 0.508 e. The monoisotopic (exact) mass is 340 g/mol. The number of rotatable bonds is 2. The first-order valence-electron chi connectivity index (χ1n) is 5.79. The van der Waals surface area contributed by atoms with E-state index in [4.69, 9.17) is 4.74 Å². The van der Waals surface area contributed by atoms with Crippen molar-refractivity contribution in [2.24, 2.45) is 0 Å². The molecular formula is C13H13BrN2O4. The van der Waals surface area contributed by atoms with Crippen LogP contribution in [0.15, 0.2) is 33.9 Å². The number of hydrogen-bond donors (Lipinski definition) is 3. The average Bonchev–Trinajstić information content (AvgIpc) is 2.40. The van der Waals surface area contributed by atoms with Gasteiger partial charge in [-0.3, -0.25) is 0 Å². The Morgan fingerprint density at radius 3 is 2.80 bits per heavy atom. The standard InChI is InChI=1S/C13H13BrN2O4/c1-6-10(12(18)20-2)11(16-13(19)15-6)8-5-7(17)3-4-9(8)14/h3-5,11,17H,1-2H3,(H2,15,16,19)/t11-/m1/s1. The molecule has 1 aromatic rings. The molecule has 1 aliphatic rings. The van der Waals surface area contributed by atoms with E-state index in [-0.39, 0.29) is 5.75 Å². The van der Waals surface area contributed by atoms with Crippen LogP contribution in [0.2, 0.25) is 0 Å². The zero-order chi connectivity index (χ0) is 14.9. The number of ether oxygens (including phenoxy) is 1. The minimum absolute atomic E-state index is 0.0397. The third kappa shape index (κ3) is 2.62. The summed E-state index contributed by atoms with van der Waals surface area (Å²) in [7, 11) is 1.27. The molecule has 0 saturated carbocycles. The van der Waals surface area contributed by atoms with Gasteiger partial charge in [-0.1, -0.05) is 15.9 Å². The molecule has 0 aromatic heterocycles. The molecule has 0 fully saturated rings. The van der Waals surface area contributed by atoms with Crippen molar-refractivity contribution in [1.29, 1.82) is 0 Å². The zero-order valence-electron chi connectivity index (χ0n) is 10.9. The fourth-order valence-corrected chi connectivity index (χ4v) is 2.54. The highest BCUT2D eigenvalue weighted by atomic mass is 79.9. The van der Waals surface area contributed by atoms with Gasteiger partial charge in [-0.05, 0) is 30.7 Å². The molecule has 0 radical (unpaired) electrons. The summed E-state index contributed by atoms with van der Waals surface area (Å²) in [5.74, 6) is -0.506.